The Labute approximate surface area is 186 Å². The molecule has 1 N–H and O–H groups in total. The number of carbonyl (C=O) groups excluding carboxylic acids is 1. The zero-order chi connectivity index (χ0) is 22.2. The van der Waals surface area contributed by atoms with Crippen LogP contribution in [-0.4, -0.2) is 48.7 Å². The molecule has 0 saturated carbocycles. The highest BCUT2D eigenvalue weighted by Crippen LogP contribution is 2.27. The first kappa shape index (κ1) is 21.6. The van der Waals surface area contributed by atoms with Crippen LogP contribution in [0.4, 0.5) is 0 Å². The molecule has 4 rings (SSSR count). The normalized spacial score (nSPS) is 17.3. The number of rotatable bonds is 4. The molecule has 1 aliphatic heterocycles. The number of thioether (sulfide) groups is 1. The molecule has 164 valence electrons. The van der Waals surface area contributed by atoms with Crippen molar-refractivity contribution >= 4 is 23.3 Å². The minimum atomic E-state index is -0.243. The quantitative estimate of drug-likeness (QED) is 0.624. The Hall–Kier alpha value is -2.61. The first-order valence-electron chi connectivity index (χ1n) is 10.8. The van der Waals surface area contributed by atoms with Crippen molar-refractivity contribution in [2.24, 2.45) is 0 Å². The number of nitrogens with one attached hydrogen (secondary N) is 1. The lowest BCUT2D eigenvalue weighted by Gasteiger charge is -2.33. The first-order chi connectivity index (χ1) is 14.7. The number of aromatic nitrogens is 4. The lowest BCUT2D eigenvalue weighted by Crippen LogP contribution is -2.43. The second-order valence-electron chi connectivity index (χ2n) is 9.19. The fourth-order valence-corrected chi connectivity index (χ4v) is 4.74. The van der Waals surface area contributed by atoms with Gasteiger partial charge in [-0.3, -0.25) is 14.7 Å². The number of fused-ring (bicyclic) bond motifs is 1. The van der Waals surface area contributed by atoms with Crippen LogP contribution in [0.2, 0.25) is 0 Å². The number of benzene rings is 1. The third-order valence-corrected chi connectivity index (χ3v) is 6.71. The monoisotopic (exact) mass is 439 g/mol. The van der Waals surface area contributed by atoms with Gasteiger partial charge >= 0.3 is 0 Å². The Morgan fingerprint density at radius 2 is 1.94 bits per heavy atom. The molecule has 2 aromatic heterocycles. The fourth-order valence-electron chi connectivity index (χ4n) is 3.91. The molecule has 0 aliphatic carbocycles. The minimum Gasteiger partial charge on any atom is -0.339 e. The third kappa shape index (κ3) is 4.69. The second kappa shape index (κ2) is 8.49. The van der Waals surface area contributed by atoms with Gasteiger partial charge in [0, 0.05) is 24.2 Å². The first-order valence-corrected chi connectivity index (χ1v) is 11.7. The van der Waals surface area contributed by atoms with Crippen LogP contribution in [0.25, 0.3) is 17.0 Å². The molecule has 1 fully saturated rings. The van der Waals surface area contributed by atoms with Gasteiger partial charge in [0.05, 0.1) is 5.75 Å². The maximum Gasteiger partial charge on any atom is 0.266 e. The predicted octanol–water partition coefficient (Wildman–Crippen LogP) is 3.88. The van der Waals surface area contributed by atoms with E-state index in [1.165, 1.54) is 29.8 Å². The van der Waals surface area contributed by atoms with Crippen molar-refractivity contribution in [2.75, 3.05) is 12.3 Å². The molecule has 1 aromatic carbocycles. The van der Waals surface area contributed by atoms with Crippen molar-refractivity contribution in [3.05, 3.63) is 46.2 Å². The minimum absolute atomic E-state index is 0.0598. The van der Waals surface area contributed by atoms with Crippen LogP contribution in [0.15, 0.2) is 40.3 Å². The number of nitrogens with zero attached hydrogens (tertiary/aromatic N) is 4. The van der Waals surface area contributed by atoms with Crippen LogP contribution in [0, 0.1) is 0 Å². The van der Waals surface area contributed by atoms with E-state index in [1.54, 1.807) is 4.52 Å². The molecular formula is C23H29N5O2S. The van der Waals surface area contributed by atoms with Gasteiger partial charge in [-0.25, -0.2) is 14.5 Å². The Balaban J connectivity index is 1.62. The summed E-state index contributed by atoms with van der Waals surface area (Å²) in [6.45, 7) is 9.43. The van der Waals surface area contributed by atoms with Crippen LogP contribution < -0.4 is 5.56 Å². The summed E-state index contributed by atoms with van der Waals surface area (Å²) in [5.74, 6) is 0.925. The lowest BCUT2D eigenvalue weighted by atomic mass is 9.87. The highest BCUT2D eigenvalue weighted by atomic mass is 32.2. The van der Waals surface area contributed by atoms with Gasteiger partial charge in [-0.05, 0) is 37.2 Å². The zero-order valence-corrected chi connectivity index (χ0v) is 19.3. The van der Waals surface area contributed by atoms with Crippen molar-refractivity contribution in [3.8, 4) is 11.4 Å². The SMILES string of the molecule is C[C@H]1CCCCN1C(=O)CSc1nc(-c2ccc(C(C)(C)C)cc2)nc2cc(=O)[nH]n12. The van der Waals surface area contributed by atoms with Crippen LogP contribution in [0.5, 0.6) is 0 Å². The van der Waals surface area contributed by atoms with Crippen molar-refractivity contribution in [2.45, 2.75) is 63.6 Å². The van der Waals surface area contributed by atoms with Crippen LogP contribution in [-0.2, 0) is 10.2 Å². The molecule has 1 amide bonds. The van der Waals surface area contributed by atoms with Crippen molar-refractivity contribution in [1.82, 2.24) is 24.5 Å². The van der Waals surface area contributed by atoms with E-state index < -0.39 is 0 Å². The molecule has 3 aromatic rings. The summed E-state index contributed by atoms with van der Waals surface area (Å²) in [6.07, 6.45) is 3.28. The molecule has 0 unspecified atom stereocenters. The average molecular weight is 440 g/mol. The number of likely N-dealkylation sites (tertiary alicyclic amines) is 1. The average Bonchev–Trinajstić information content (AvgIpc) is 3.11. The van der Waals surface area contributed by atoms with Crippen molar-refractivity contribution in [3.63, 3.8) is 0 Å². The molecule has 3 heterocycles. The van der Waals surface area contributed by atoms with Crippen LogP contribution in [0.1, 0.15) is 52.5 Å². The van der Waals surface area contributed by atoms with Crippen LogP contribution in [0.3, 0.4) is 0 Å². The molecule has 1 atom stereocenters. The van der Waals surface area contributed by atoms with E-state index in [0.717, 1.165) is 24.9 Å². The summed E-state index contributed by atoms with van der Waals surface area (Å²) in [7, 11) is 0. The van der Waals surface area contributed by atoms with E-state index in [4.69, 9.17) is 0 Å². The molecule has 0 spiro atoms. The van der Waals surface area contributed by atoms with Crippen molar-refractivity contribution < 1.29 is 4.79 Å². The lowest BCUT2D eigenvalue weighted by molar-refractivity contribution is -0.131. The standard InChI is InChI=1S/C23H29N5O2S/c1-15-7-5-6-12-27(15)20(30)14-31-22-25-21(24-18-13-19(29)26-28(18)22)16-8-10-17(11-9-16)23(2,3)4/h8-11,13,15H,5-7,12,14H2,1-4H3,(H,26,29)/t15-/m0/s1. The second-order valence-corrected chi connectivity index (χ2v) is 10.1. The number of hydrogen-bond acceptors (Lipinski definition) is 5. The van der Waals surface area contributed by atoms with Gasteiger partial charge in [-0.15, -0.1) is 0 Å². The summed E-state index contributed by atoms with van der Waals surface area (Å²) < 4.78 is 1.56. The Kier molecular flexibility index (Phi) is 5.92. The van der Waals surface area contributed by atoms with Gasteiger partial charge in [-0.2, -0.15) is 0 Å². The third-order valence-electron chi connectivity index (χ3n) is 5.78. The van der Waals surface area contributed by atoms with Gasteiger partial charge in [-0.1, -0.05) is 56.8 Å². The zero-order valence-electron chi connectivity index (χ0n) is 18.5. The highest BCUT2D eigenvalue weighted by Gasteiger charge is 2.24. The molecule has 1 saturated heterocycles. The van der Waals surface area contributed by atoms with Gasteiger partial charge in [0.2, 0.25) is 5.91 Å². The summed E-state index contributed by atoms with van der Waals surface area (Å²) in [6, 6.07) is 9.90. The maximum absolute atomic E-state index is 12.8. The molecule has 7 nitrogen and oxygen atoms in total. The molecule has 8 heteroatoms. The summed E-state index contributed by atoms with van der Waals surface area (Å²) in [5, 5.41) is 3.29. The highest BCUT2D eigenvalue weighted by molar-refractivity contribution is 7.99. The van der Waals surface area contributed by atoms with E-state index in [2.05, 4.69) is 54.9 Å². The molecule has 1 aliphatic rings. The van der Waals surface area contributed by atoms with E-state index in [0.29, 0.717) is 16.6 Å². The Morgan fingerprint density at radius 1 is 1.19 bits per heavy atom. The summed E-state index contributed by atoms with van der Waals surface area (Å²) in [4.78, 5) is 35.9. The number of amides is 1. The van der Waals surface area contributed by atoms with Gasteiger partial charge in [0.1, 0.15) is 0 Å². The van der Waals surface area contributed by atoms with E-state index in [9.17, 15) is 9.59 Å². The smallest absolute Gasteiger partial charge is 0.266 e. The van der Waals surface area contributed by atoms with Gasteiger partial charge in [0.15, 0.2) is 16.6 Å². The fraction of sp³-hybridized carbons (Fsp3) is 0.478. The van der Waals surface area contributed by atoms with Gasteiger partial charge < -0.3 is 4.90 Å². The van der Waals surface area contributed by atoms with Crippen LogP contribution >= 0.6 is 11.8 Å². The topological polar surface area (TPSA) is 83.4 Å². The van der Waals surface area contributed by atoms with E-state index in [-0.39, 0.29) is 28.7 Å². The number of hydrogen-bond donors (Lipinski definition) is 1. The molecule has 0 bridgehead atoms. The Bertz CT molecular complexity index is 1140. The summed E-state index contributed by atoms with van der Waals surface area (Å²) >= 11 is 1.33. The number of carbonyl (C=O) groups is 1. The number of piperidine rings is 1. The van der Waals surface area contributed by atoms with E-state index in [1.807, 2.05) is 17.0 Å². The predicted molar refractivity (Wildman–Crippen MR) is 123 cm³/mol. The molecule has 0 radical (unpaired) electrons. The molecular weight excluding hydrogens is 410 g/mol. The largest absolute Gasteiger partial charge is 0.339 e. The number of aromatic amines is 1. The Morgan fingerprint density at radius 3 is 2.61 bits per heavy atom. The van der Waals surface area contributed by atoms with Gasteiger partial charge in [0.25, 0.3) is 5.56 Å². The van der Waals surface area contributed by atoms with E-state index >= 15 is 0 Å². The maximum atomic E-state index is 12.8. The van der Waals surface area contributed by atoms with Crippen molar-refractivity contribution in [1.29, 1.82) is 0 Å². The molecule has 31 heavy (non-hydrogen) atoms. The number of H-pyrrole nitrogens is 1. The summed E-state index contributed by atoms with van der Waals surface area (Å²) in [5.41, 5.74) is 2.42.